The molecule has 0 saturated carbocycles. The summed E-state index contributed by atoms with van der Waals surface area (Å²) in [5.41, 5.74) is 8.95. The SMILES string of the molecule is NC(=O)c1c(NC(=O)CCSc2nnc3ccc4ccccc4n23)sc2c1CCCC2. The number of hydrogen-bond acceptors (Lipinski definition) is 6. The van der Waals surface area contributed by atoms with Crippen molar-refractivity contribution in [3.05, 3.63) is 52.4 Å². The van der Waals surface area contributed by atoms with E-state index in [0.29, 0.717) is 22.7 Å². The van der Waals surface area contributed by atoms with E-state index in [1.165, 1.54) is 28.0 Å². The van der Waals surface area contributed by atoms with Gasteiger partial charge in [-0.25, -0.2) is 0 Å². The molecule has 3 N–H and O–H groups in total. The molecule has 0 saturated heterocycles. The van der Waals surface area contributed by atoms with Crippen LogP contribution in [0, 0.1) is 0 Å². The molecule has 9 heteroatoms. The van der Waals surface area contributed by atoms with Gasteiger partial charge in [0.05, 0.1) is 11.1 Å². The van der Waals surface area contributed by atoms with E-state index in [2.05, 4.69) is 15.5 Å². The second-order valence-electron chi connectivity index (χ2n) is 7.49. The van der Waals surface area contributed by atoms with Gasteiger partial charge in [-0.3, -0.25) is 14.0 Å². The number of nitrogens with two attached hydrogens (primary N) is 1. The summed E-state index contributed by atoms with van der Waals surface area (Å²) < 4.78 is 2.01. The molecule has 0 unspecified atom stereocenters. The highest BCUT2D eigenvalue weighted by Gasteiger charge is 2.25. The van der Waals surface area contributed by atoms with Gasteiger partial charge in [0.2, 0.25) is 5.91 Å². The second kappa shape index (κ2) is 8.32. The number of nitrogens with zero attached hydrogens (tertiary/aromatic N) is 3. The van der Waals surface area contributed by atoms with Crippen LogP contribution < -0.4 is 11.1 Å². The van der Waals surface area contributed by atoms with Crippen molar-refractivity contribution in [1.29, 1.82) is 0 Å². The molecule has 4 aromatic rings. The molecule has 0 spiro atoms. The van der Waals surface area contributed by atoms with Gasteiger partial charge in [-0.1, -0.05) is 30.0 Å². The fraction of sp³-hybridized carbons (Fsp3) is 0.273. The molecule has 1 aliphatic rings. The highest BCUT2D eigenvalue weighted by atomic mass is 32.2. The zero-order valence-electron chi connectivity index (χ0n) is 16.8. The molecule has 0 aliphatic heterocycles. The van der Waals surface area contributed by atoms with Crippen molar-refractivity contribution in [2.45, 2.75) is 37.3 Å². The van der Waals surface area contributed by atoms with Crippen LogP contribution in [-0.2, 0) is 17.6 Å². The Kier molecular flexibility index (Phi) is 5.37. The molecule has 7 nitrogen and oxygen atoms in total. The van der Waals surface area contributed by atoms with Crippen LogP contribution in [0.5, 0.6) is 0 Å². The zero-order chi connectivity index (χ0) is 21.4. The summed E-state index contributed by atoms with van der Waals surface area (Å²) in [4.78, 5) is 25.8. The van der Waals surface area contributed by atoms with E-state index in [4.69, 9.17) is 5.73 Å². The van der Waals surface area contributed by atoms with E-state index < -0.39 is 5.91 Å². The number of rotatable bonds is 6. The predicted molar refractivity (Wildman–Crippen MR) is 124 cm³/mol. The first-order valence-electron chi connectivity index (χ1n) is 10.2. The van der Waals surface area contributed by atoms with Crippen LogP contribution in [0.25, 0.3) is 16.6 Å². The summed E-state index contributed by atoms with van der Waals surface area (Å²) in [5.74, 6) is -0.0505. The molecule has 2 amide bonds. The number of pyridine rings is 1. The van der Waals surface area contributed by atoms with Gasteiger partial charge < -0.3 is 11.1 Å². The van der Waals surface area contributed by atoms with Crippen molar-refractivity contribution in [2.24, 2.45) is 5.73 Å². The first-order valence-corrected chi connectivity index (χ1v) is 12.0. The minimum atomic E-state index is -0.467. The molecule has 158 valence electrons. The third-order valence-electron chi connectivity index (χ3n) is 5.48. The lowest BCUT2D eigenvalue weighted by molar-refractivity contribution is -0.115. The Morgan fingerprint density at radius 1 is 1.13 bits per heavy atom. The summed E-state index contributed by atoms with van der Waals surface area (Å²) >= 11 is 2.98. The lowest BCUT2D eigenvalue weighted by Gasteiger charge is -2.11. The van der Waals surface area contributed by atoms with Crippen molar-refractivity contribution in [3.63, 3.8) is 0 Å². The van der Waals surface area contributed by atoms with Crippen LogP contribution in [0.3, 0.4) is 0 Å². The van der Waals surface area contributed by atoms with E-state index in [9.17, 15) is 9.59 Å². The number of para-hydroxylation sites is 1. The van der Waals surface area contributed by atoms with Crippen molar-refractivity contribution >= 4 is 56.5 Å². The van der Waals surface area contributed by atoms with Crippen LogP contribution >= 0.6 is 23.1 Å². The van der Waals surface area contributed by atoms with Crippen molar-refractivity contribution in [2.75, 3.05) is 11.1 Å². The molecule has 1 aliphatic carbocycles. The fourth-order valence-corrected chi connectivity index (χ4v) is 6.24. The summed E-state index contributed by atoms with van der Waals surface area (Å²) in [7, 11) is 0. The number of fused-ring (bicyclic) bond motifs is 4. The molecule has 31 heavy (non-hydrogen) atoms. The van der Waals surface area contributed by atoms with Crippen LogP contribution in [0.4, 0.5) is 5.00 Å². The number of hydrogen-bond donors (Lipinski definition) is 2. The Morgan fingerprint density at radius 2 is 1.97 bits per heavy atom. The van der Waals surface area contributed by atoms with E-state index in [1.807, 2.05) is 40.8 Å². The third-order valence-corrected chi connectivity index (χ3v) is 7.62. The summed E-state index contributed by atoms with van der Waals surface area (Å²) in [6.07, 6.45) is 4.25. The van der Waals surface area contributed by atoms with Crippen molar-refractivity contribution in [1.82, 2.24) is 14.6 Å². The molecule has 5 rings (SSSR count). The molecule has 0 bridgehead atoms. The average molecular weight is 452 g/mol. The number of aromatic nitrogens is 3. The maximum absolute atomic E-state index is 12.6. The topological polar surface area (TPSA) is 102 Å². The smallest absolute Gasteiger partial charge is 0.251 e. The van der Waals surface area contributed by atoms with Gasteiger partial charge in [-0.2, -0.15) is 0 Å². The summed E-state index contributed by atoms with van der Waals surface area (Å²) in [6, 6.07) is 12.0. The van der Waals surface area contributed by atoms with Gasteiger partial charge in [-0.05, 0) is 54.8 Å². The Labute approximate surface area is 187 Å². The van der Waals surface area contributed by atoms with Gasteiger partial charge in [-0.15, -0.1) is 21.5 Å². The van der Waals surface area contributed by atoms with E-state index in [-0.39, 0.29) is 5.91 Å². The average Bonchev–Trinajstić information content (AvgIpc) is 3.35. The van der Waals surface area contributed by atoms with E-state index in [0.717, 1.165) is 53.0 Å². The Balaban J connectivity index is 1.29. The van der Waals surface area contributed by atoms with Gasteiger partial charge in [0.25, 0.3) is 5.91 Å². The Morgan fingerprint density at radius 3 is 2.84 bits per heavy atom. The maximum Gasteiger partial charge on any atom is 0.251 e. The number of thioether (sulfide) groups is 1. The normalized spacial score (nSPS) is 13.4. The van der Waals surface area contributed by atoms with Crippen LogP contribution in [0.2, 0.25) is 0 Å². The monoisotopic (exact) mass is 451 g/mol. The number of aryl methyl sites for hydroxylation is 1. The molecular formula is C22H21N5O2S2. The standard InChI is InChI=1S/C22H21N5O2S2/c23-20(29)19-14-6-2-4-8-16(14)31-21(19)24-18(28)11-12-30-22-26-25-17-10-9-13-5-1-3-7-15(13)27(17)22/h1,3,5,7,9-10H,2,4,6,8,11-12H2,(H2,23,29)(H,24,28). The quantitative estimate of drug-likeness (QED) is 0.431. The minimum absolute atomic E-state index is 0.132. The zero-order valence-corrected chi connectivity index (χ0v) is 18.4. The van der Waals surface area contributed by atoms with Crippen molar-refractivity contribution < 1.29 is 9.59 Å². The molecule has 0 radical (unpaired) electrons. The van der Waals surface area contributed by atoms with Gasteiger partial charge in [0.15, 0.2) is 10.8 Å². The lowest BCUT2D eigenvalue weighted by Crippen LogP contribution is -2.18. The Bertz CT molecular complexity index is 1310. The predicted octanol–water partition coefficient (Wildman–Crippen LogP) is 4.04. The lowest BCUT2D eigenvalue weighted by atomic mass is 9.95. The maximum atomic E-state index is 12.6. The number of nitrogens with one attached hydrogen (secondary N) is 1. The molecular weight excluding hydrogens is 430 g/mol. The number of carbonyl (C=O) groups is 2. The van der Waals surface area contributed by atoms with Crippen LogP contribution in [-0.4, -0.2) is 32.2 Å². The number of benzene rings is 1. The number of thiophene rings is 1. The molecule has 3 aromatic heterocycles. The van der Waals surface area contributed by atoms with Gasteiger partial charge >= 0.3 is 0 Å². The largest absolute Gasteiger partial charge is 0.365 e. The first kappa shape index (κ1) is 20.0. The number of anilines is 1. The van der Waals surface area contributed by atoms with E-state index >= 15 is 0 Å². The minimum Gasteiger partial charge on any atom is -0.365 e. The summed E-state index contributed by atoms with van der Waals surface area (Å²) in [6.45, 7) is 0. The van der Waals surface area contributed by atoms with E-state index in [1.54, 1.807) is 0 Å². The summed E-state index contributed by atoms with van der Waals surface area (Å²) in [5, 5.41) is 13.9. The molecule has 0 atom stereocenters. The highest BCUT2D eigenvalue weighted by molar-refractivity contribution is 7.99. The highest BCUT2D eigenvalue weighted by Crippen LogP contribution is 2.38. The number of amides is 2. The van der Waals surface area contributed by atoms with Crippen molar-refractivity contribution in [3.8, 4) is 0 Å². The second-order valence-corrected chi connectivity index (χ2v) is 9.66. The van der Waals surface area contributed by atoms with Crippen LogP contribution in [0.15, 0.2) is 41.6 Å². The van der Waals surface area contributed by atoms with Crippen LogP contribution in [0.1, 0.15) is 40.1 Å². The number of carbonyl (C=O) groups excluding carboxylic acids is 2. The number of primary amides is 1. The third kappa shape index (κ3) is 3.79. The Hall–Kier alpha value is -2.91. The van der Waals surface area contributed by atoms with Gasteiger partial charge in [0, 0.05) is 17.1 Å². The first-order chi connectivity index (χ1) is 15.1. The molecule has 3 heterocycles. The molecule has 0 fully saturated rings. The molecule has 1 aromatic carbocycles. The fourth-order valence-electron chi connectivity index (χ4n) is 4.04. The van der Waals surface area contributed by atoms with Gasteiger partial charge in [0.1, 0.15) is 5.00 Å².